The molecule has 0 amide bonds. The molecule has 0 unspecified atom stereocenters. The Kier molecular flexibility index (Phi) is 6.73. The highest BCUT2D eigenvalue weighted by molar-refractivity contribution is 7.27. The zero-order valence-corrected chi connectivity index (χ0v) is 30.7. The third-order valence-electron chi connectivity index (χ3n) is 11.0. The number of para-hydroxylation sites is 2. The zero-order chi connectivity index (χ0) is 36.7. The van der Waals surface area contributed by atoms with Gasteiger partial charge in [-0.15, -0.1) is 11.3 Å². The van der Waals surface area contributed by atoms with Gasteiger partial charge in [0.1, 0.15) is 0 Å². The number of fused-ring (bicyclic) bond motifs is 11. The van der Waals surface area contributed by atoms with Gasteiger partial charge >= 0.3 is 0 Å². The minimum absolute atomic E-state index is 0.627. The fourth-order valence-corrected chi connectivity index (χ4v) is 9.49. The monoisotopic (exact) mass is 731 g/mol. The van der Waals surface area contributed by atoms with E-state index in [9.17, 15) is 0 Å². The topological polar surface area (TPSA) is 56.0 Å². The van der Waals surface area contributed by atoms with Crippen LogP contribution < -0.4 is 0 Å². The van der Waals surface area contributed by atoms with E-state index in [0.717, 1.165) is 55.4 Å². The molecule has 4 heterocycles. The summed E-state index contributed by atoms with van der Waals surface area (Å²) >= 11 is 1.83. The van der Waals surface area contributed by atoms with Crippen molar-refractivity contribution in [1.29, 1.82) is 0 Å². The van der Waals surface area contributed by atoms with Crippen molar-refractivity contribution in [2.75, 3.05) is 0 Å². The Balaban J connectivity index is 1.04. The Morgan fingerprint density at radius 3 is 1.59 bits per heavy atom. The molecule has 260 valence electrons. The maximum atomic E-state index is 5.23. The van der Waals surface area contributed by atoms with Crippen LogP contribution in [0.5, 0.6) is 0 Å². The molecule has 12 aromatic rings. The van der Waals surface area contributed by atoms with Crippen molar-refractivity contribution in [3.8, 4) is 45.4 Å². The quantitative estimate of drug-likeness (QED) is 0.181. The van der Waals surface area contributed by atoms with Crippen molar-refractivity contribution < 1.29 is 0 Å². The van der Waals surface area contributed by atoms with Crippen LogP contribution in [-0.2, 0) is 0 Å². The summed E-state index contributed by atoms with van der Waals surface area (Å²) in [6.45, 7) is 0. The maximum absolute atomic E-state index is 5.23. The van der Waals surface area contributed by atoms with Crippen LogP contribution in [0.2, 0.25) is 0 Å². The van der Waals surface area contributed by atoms with E-state index < -0.39 is 0 Å². The Labute approximate surface area is 324 Å². The second-order valence-electron chi connectivity index (χ2n) is 14.3. The molecule has 6 heteroatoms. The normalized spacial score (nSPS) is 11.9. The zero-order valence-electron chi connectivity index (χ0n) is 29.9. The van der Waals surface area contributed by atoms with E-state index >= 15 is 0 Å². The Hall–Kier alpha value is -7.28. The van der Waals surface area contributed by atoms with Gasteiger partial charge in [-0.2, -0.15) is 0 Å². The third kappa shape index (κ3) is 4.86. The number of rotatable bonds is 4. The van der Waals surface area contributed by atoms with Crippen LogP contribution in [0.25, 0.3) is 115 Å². The number of hydrogen-bond acceptors (Lipinski definition) is 5. The molecule has 0 fully saturated rings. The van der Waals surface area contributed by atoms with E-state index in [2.05, 4.69) is 180 Å². The van der Waals surface area contributed by atoms with Crippen molar-refractivity contribution in [2.45, 2.75) is 0 Å². The number of imidazole rings is 1. The molecule has 0 radical (unpaired) electrons. The van der Waals surface area contributed by atoms with Crippen molar-refractivity contribution in [3.05, 3.63) is 176 Å². The van der Waals surface area contributed by atoms with Crippen LogP contribution in [0, 0.1) is 0 Å². The maximum Gasteiger partial charge on any atom is 0.164 e. The van der Waals surface area contributed by atoms with Gasteiger partial charge in [-0.25, -0.2) is 19.9 Å². The highest BCUT2D eigenvalue weighted by Gasteiger charge is 2.19. The van der Waals surface area contributed by atoms with Crippen molar-refractivity contribution >= 4 is 80.5 Å². The molecule has 0 atom stereocenters. The summed E-state index contributed by atoms with van der Waals surface area (Å²) in [6, 6.07) is 62.1. The lowest BCUT2D eigenvalue weighted by molar-refractivity contribution is 1.07. The molecule has 0 aliphatic heterocycles. The van der Waals surface area contributed by atoms with Crippen LogP contribution in [0.1, 0.15) is 0 Å². The van der Waals surface area contributed by atoms with E-state index in [4.69, 9.17) is 19.9 Å². The fourth-order valence-electron chi connectivity index (χ4n) is 8.20. The summed E-state index contributed by atoms with van der Waals surface area (Å²) in [5.74, 6) is 1.91. The number of thiophene rings is 1. The molecule has 8 aromatic carbocycles. The first kappa shape index (κ1) is 31.1. The van der Waals surface area contributed by atoms with Crippen LogP contribution >= 0.6 is 11.3 Å². The predicted octanol–water partition coefficient (Wildman–Crippen LogP) is 13.2. The Bertz CT molecular complexity index is 3450. The van der Waals surface area contributed by atoms with Crippen LogP contribution in [-0.4, -0.2) is 24.3 Å². The molecule has 0 bridgehead atoms. The molecule has 0 aliphatic rings. The molecule has 0 saturated heterocycles. The van der Waals surface area contributed by atoms with Gasteiger partial charge in [-0.1, -0.05) is 146 Å². The number of nitrogens with zero attached hydrogens (tertiary/aromatic N) is 5. The summed E-state index contributed by atoms with van der Waals surface area (Å²) in [6.07, 6.45) is 0. The molecule has 0 N–H and O–H groups in total. The lowest BCUT2D eigenvalue weighted by Gasteiger charge is -2.11. The lowest BCUT2D eigenvalue weighted by atomic mass is 10.0. The number of hydrogen-bond donors (Lipinski definition) is 0. The van der Waals surface area contributed by atoms with Gasteiger partial charge in [0.15, 0.2) is 23.1 Å². The standard InChI is InChI=1S/C50H29N5S/c1-3-12-35-27-37(23-17-30(35)9-1)48-52-47(53-49(54-48)38-24-18-31-10-2-4-13-36(31)28-38)34-21-19-33(20-22-34)44-29-41-40-26-25-32-11-5-6-14-39(32)45(40)56-46(41)50-51-42-15-7-8-16-43(42)55(44)50/h1-29H. The van der Waals surface area contributed by atoms with Crippen molar-refractivity contribution in [3.63, 3.8) is 0 Å². The SMILES string of the molecule is c1ccc2cc(-c3nc(-c4ccc(-c5cc6c7ccc8ccccc8c7sc6c6nc7ccccc7n56)cc4)nc(-c4ccc5ccccc5c4)n3)ccc2c1. The first-order chi connectivity index (χ1) is 27.7. The first-order valence-electron chi connectivity index (χ1n) is 18.7. The van der Waals surface area contributed by atoms with E-state index in [1.807, 2.05) is 11.3 Å². The average molecular weight is 732 g/mol. The largest absolute Gasteiger partial charge is 0.291 e. The van der Waals surface area contributed by atoms with Gasteiger partial charge in [0.2, 0.25) is 0 Å². The molecule has 5 nitrogen and oxygen atoms in total. The Morgan fingerprint density at radius 2 is 0.893 bits per heavy atom. The van der Waals surface area contributed by atoms with Gasteiger partial charge in [0.05, 0.1) is 21.4 Å². The summed E-state index contributed by atoms with van der Waals surface area (Å²) in [7, 11) is 0. The molecule has 4 aromatic heterocycles. The van der Waals surface area contributed by atoms with E-state index in [1.165, 1.54) is 41.7 Å². The van der Waals surface area contributed by atoms with Gasteiger partial charge in [-0.3, -0.25) is 4.40 Å². The summed E-state index contributed by atoms with van der Waals surface area (Å²) in [5, 5.41) is 9.64. The molecule has 0 saturated carbocycles. The van der Waals surface area contributed by atoms with E-state index in [-0.39, 0.29) is 0 Å². The molecule has 0 aliphatic carbocycles. The molecular weight excluding hydrogens is 703 g/mol. The minimum atomic E-state index is 0.627. The van der Waals surface area contributed by atoms with Crippen LogP contribution in [0.4, 0.5) is 0 Å². The first-order valence-corrected chi connectivity index (χ1v) is 19.5. The molecular formula is C50H29N5S. The van der Waals surface area contributed by atoms with Gasteiger partial charge in [0, 0.05) is 32.2 Å². The number of benzene rings is 8. The van der Waals surface area contributed by atoms with Gasteiger partial charge in [0.25, 0.3) is 0 Å². The van der Waals surface area contributed by atoms with Crippen molar-refractivity contribution in [1.82, 2.24) is 24.3 Å². The van der Waals surface area contributed by atoms with Gasteiger partial charge in [-0.05, 0) is 68.2 Å². The second-order valence-corrected chi connectivity index (χ2v) is 15.3. The number of pyridine rings is 1. The fraction of sp³-hybridized carbons (Fsp3) is 0. The molecule has 0 spiro atoms. The predicted molar refractivity (Wildman–Crippen MR) is 233 cm³/mol. The summed E-state index contributed by atoms with van der Waals surface area (Å²) in [4.78, 5) is 20.5. The average Bonchev–Trinajstić information content (AvgIpc) is 3.85. The second kappa shape index (κ2) is 12.1. The van der Waals surface area contributed by atoms with Crippen LogP contribution in [0.3, 0.4) is 0 Å². The minimum Gasteiger partial charge on any atom is -0.291 e. The summed E-state index contributed by atoms with van der Waals surface area (Å²) < 4.78 is 4.81. The van der Waals surface area contributed by atoms with E-state index in [1.54, 1.807) is 0 Å². The van der Waals surface area contributed by atoms with Gasteiger partial charge < -0.3 is 0 Å². The molecule has 56 heavy (non-hydrogen) atoms. The number of aromatic nitrogens is 5. The Morgan fingerprint density at radius 1 is 0.357 bits per heavy atom. The highest BCUT2D eigenvalue weighted by Crippen LogP contribution is 2.43. The highest BCUT2D eigenvalue weighted by atomic mass is 32.1. The molecule has 12 rings (SSSR count). The van der Waals surface area contributed by atoms with Crippen molar-refractivity contribution in [2.24, 2.45) is 0 Å². The van der Waals surface area contributed by atoms with E-state index in [0.29, 0.717) is 17.5 Å². The lowest BCUT2D eigenvalue weighted by Crippen LogP contribution is -2.00. The third-order valence-corrected chi connectivity index (χ3v) is 12.2. The van der Waals surface area contributed by atoms with Crippen LogP contribution in [0.15, 0.2) is 176 Å². The summed E-state index contributed by atoms with van der Waals surface area (Å²) in [5.41, 5.74) is 8.03. The smallest absolute Gasteiger partial charge is 0.164 e.